The number of hydrogen-bond donors (Lipinski definition) is 0. The lowest BCUT2D eigenvalue weighted by Crippen LogP contribution is -2.69. The molecule has 2 aliphatic rings. The molecule has 2 amide bonds. The summed E-state index contributed by atoms with van der Waals surface area (Å²) in [5.41, 5.74) is 0. The Balaban J connectivity index is 1.73. The second-order valence-electron chi connectivity index (χ2n) is 13.0. The van der Waals surface area contributed by atoms with E-state index in [0.29, 0.717) is 5.75 Å². The third-order valence-corrected chi connectivity index (χ3v) is 16.4. The molecule has 0 spiro atoms. The number of thioether (sulfide) groups is 1. The summed E-state index contributed by atoms with van der Waals surface area (Å²) in [4.78, 5) is 42.5. The number of Topliss-reactive ketones (excluding diaryl/α,β-unsaturated/α-hetero) is 1. The average Bonchev–Trinajstić information content (AvgIpc) is 3.15. The minimum Gasteiger partial charge on any atom is -0.405 e. The van der Waals surface area contributed by atoms with E-state index in [-0.39, 0.29) is 42.2 Å². The quantitative estimate of drug-likeness (QED) is 0.331. The number of amides is 2. The molecule has 0 radical (unpaired) electrons. The summed E-state index contributed by atoms with van der Waals surface area (Å²) < 4.78 is 7.13. The zero-order valence-corrected chi connectivity index (χ0v) is 27.1. The van der Waals surface area contributed by atoms with Crippen LogP contribution in [0.15, 0.2) is 60.7 Å². The minimum absolute atomic E-state index is 0.0157. The summed E-state index contributed by atoms with van der Waals surface area (Å²) in [5.74, 6) is 0.0387. The topological polar surface area (TPSA) is 66.9 Å². The van der Waals surface area contributed by atoms with Crippen LogP contribution in [0.3, 0.4) is 0 Å². The first-order chi connectivity index (χ1) is 18.2. The Hall–Kier alpha value is -2.21. The van der Waals surface area contributed by atoms with Gasteiger partial charge in [-0.2, -0.15) is 0 Å². The van der Waals surface area contributed by atoms with Gasteiger partial charge in [0, 0.05) is 21.5 Å². The molecule has 2 aromatic carbocycles. The number of nitrogens with zero attached hydrogens (tertiary/aromatic N) is 2. The van der Waals surface area contributed by atoms with Gasteiger partial charge in [-0.15, -0.1) is 11.8 Å². The van der Waals surface area contributed by atoms with Gasteiger partial charge in [-0.1, -0.05) is 101 Å². The molecule has 2 atom stereocenters. The van der Waals surface area contributed by atoms with Crippen LogP contribution in [0, 0.1) is 0 Å². The monoisotopic (exact) mass is 582 g/mol. The van der Waals surface area contributed by atoms with Crippen LogP contribution in [0.25, 0.3) is 0 Å². The van der Waals surface area contributed by atoms with Crippen molar-refractivity contribution in [1.29, 1.82) is 0 Å². The standard InChI is InChI=1S/C30H42N2O4SSi2/c1-29(2,3)39(24-14-10-8-11-15-24,25-16-12-9-13-17-25)36-22-23-20-26(33)30(37-18-19-38(5,6)7)28(35)31(4)21-27(34)32(23)30/h8-17,23H,18-22H2,1-7H3/t23-,30+/m1/s1. The second-order valence-corrected chi connectivity index (χ2v) is 24.2. The molecule has 0 unspecified atom stereocenters. The average molecular weight is 583 g/mol. The van der Waals surface area contributed by atoms with Crippen LogP contribution in [-0.4, -0.2) is 80.7 Å². The summed E-state index contributed by atoms with van der Waals surface area (Å²) in [6.45, 7) is 13.6. The van der Waals surface area contributed by atoms with E-state index in [0.717, 1.165) is 16.4 Å². The molecular weight excluding hydrogens is 541 g/mol. The predicted molar refractivity (Wildman–Crippen MR) is 165 cm³/mol. The number of piperazine rings is 1. The van der Waals surface area contributed by atoms with Crippen molar-refractivity contribution in [3.05, 3.63) is 60.7 Å². The van der Waals surface area contributed by atoms with Gasteiger partial charge in [0.15, 0.2) is 5.78 Å². The molecule has 0 N–H and O–H groups in total. The molecule has 0 aromatic heterocycles. The van der Waals surface area contributed by atoms with E-state index in [1.165, 1.54) is 16.7 Å². The lowest BCUT2D eigenvalue weighted by atomic mass is 10.1. The van der Waals surface area contributed by atoms with E-state index in [1.807, 2.05) is 36.4 Å². The van der Waals surface area contributed by atoms with E-state index in [9.17, 15) is 14.4 Å². The van der Waals surface area contributed by atoms with Crippen LogP contribution in [0.5, 0.6) is 0 Å². The molecule has 0 bridgehead atoms. The van der Waals surface area contributed by atoms with Crippen molar-refractivity contribution in [2.24, 2.45) is 0 Å². The molecule has 4 rings (SSSR count). The molecule has 2 fully saturated rings. The van der Waals surface area contributed by atoms with E-state index in [2.05, 4.69) is 64.7 Å². The number of rotatable bonds is 9. The maximum Gasteiger partial charge on any atom is 0.267 e. The molecular formula is C30H42N2O4SSi2. The highest BCUT2D eigenvalue weighted by Gasteiger charge is 2.64. The Labute approximate surface area is 239 Å². The fourth-order valence-electron chi connectivity index (χ4n) is 5.88. The smallest absolute Gasteiger partial charge is 0.267 e. The number of fused-ring (bicyclic) bond motifs is 1. The highest BCUT2D eigenvalue weighted by atomic mass is 32.2. The van der Waals surface area contributed by atoms with Crippen LogP contribution in [0.2, 0.25) is 30.7 Å². The van der Waals surface area contributed by atoms with Crippen LogP contribution < -0.4 is 10.4 Å². The van der Waals surface area contributed by atoms with E-state index in [1.54, 1.807) is 11.9 Å². The van der Waals surface area contributed by atoms with Gasteiger partial charge in [0.05, 0.1) is 19.2 Å². The van der Waals surface area contributed by atoms with Crippen LogP contribution in [-0.2, 0) is 18.8 Å². The maximum atomic E-state index is 13.8. The van der Waals surface area contributed by atoms with Crippen molar-refractivity contribution >= 4 is 56.1 Å². The molecule has 39 heavy (non-hydrogen) atoms. The van der Waals surface area contributed by atoms with E-state index in [4.69, 9.17) is 4.43 Å². The lowest BCUT2D eigenvalue weighted by Gasteiger charge is -2.46. The van der Waals surface area contributed by atoms with Gasteiger partial charge in [-0.05, 0) is 27.2 Å². The third-order valence-electron chi connectivity index (χ3n) is 7.85. The highest BCUT2D eigenvalue weighted by Crippen LogP contribution is 2.45. The number of likely N-dealkylation sites (N-methyl/N-ethyl adjacent to an activating group) is 1. The first-order valence-corrected chi connectivity index (χ1v) is 20.3. The predicted octanol–water partition coefficient (Wildman–Crippen LogP) is 3.97. The zero-order valence-electron chi connectivity index (χ0n) is 24.3. The molecule has 210 valence electrons. The third kappa shape index (κ3) is 5.43. The molecule has 9 heteroatoms. The Kier molecular flexibility index (Phi) is 8.39. The second kappa shape index (κ2) is 11.0. The Morgan fingerprint density at radius 1 is 0.949 bits per heavy atom. The Morgan fingerprint density at radius 3 is 1.97 bits per heavy atom. The van der Waals surface area contributed by atoms with Crippen molar-refractivity contribution in [2.75, 3.05) is 26.0 Å². The SMILES string of the molecule is CN1CC(=O)N2[C@@H](CO[Si](c3ccccc3)(c3ccccc3)C(C)(C)C)CC(=O)[C@]2(SCC[Si](C)(C)C)C1=O. The summed E-state index contributed by atoms with van der Waals surface area (Å²) in [7, 11) is -2.65. The van der Waals surface area contributed by atoms with E-state index < -0.39 is 27.3 Å². The normalized spacial score (nSPS) is 22.4. The van der Waals surface area contributed by atoms with Gasteiger partial charge >= 0.3 is 0 Å². The number of hydrogen-bond acceptors (Lipinski definition) is 5. The van der Waals surface area contributed by atoms with Crippen molar-refractivity contribution in [3.63, 3.8) is 0 Å². The zero-order chi connectivity index (χ0) is 28.6. The van der Waals surface area contributed by atoms with Gasteiger partial charge in [-0.3, -0.25) is 14.4 Å². The molecule has 2 aromatic rings. The minimum atomic E-state index is -2.87. The number of carbonyl (C=O) groups excluding carboxylic acids is 3. The van der Waals surface area contributed by atoms with Crippen molar-refractivity contribution in [2.45, 2.75) is 68.8 Å². The van der Waals surface area contributed by atoms with Gasteiger partial charge in [0.1, 0.15) is 0 Å². The van der Waals surface area contributed by atoms with Gasteiger partial charge < -0.3 is 14.2 Å². The fraction of sp³-hybridized carbons (Fsp3) is 0.500. The molecule has 2 heterocycles. The molecule has 0 aliphatic carbocycles. The molecule has 2 aliphatic heterocycles. The van der Waals surface area contributed by atoms with Crippen molar-refractivity contribution in [3.8, 4) is 0 Å². The molecule has 0 saturated carbocycles. The summed E-state index contributed by atoms with van der Waals surface area (Å²) in [5, 5.41) is 2.05. The Morgan fingerprint density at radius 2 is 1.49 bits per heavy atom. The summed E-state index contributed by atoms with van der Waals surface area (Å²) >= 11 is 1.36. The van der Waals surface area contributed by atoms with Crippen molar-refractivity contribution in [1.82, 2.24) is 9.80 Å². The first-order valence-electron chi connectivity index (χ1n) is 13.7. The lowest BCUT2D eigenvalue weighted by molar-refractivity contribution is -0.158. The number of benzene rings is 2. The molecule has 2 saturated heterocycles. The van der Waals surface area contributed by atoms with Crippen LogP contribution in [0.4, 0.5) is 0 Å². The van der Waals surface area contributed by atoms with Crippen molar-refractivity contribution < 1.29 is 18.8 Å². The fourth-order valence-corrected chi connectivity index (χ4v) is 14.5. The van der Waals surface area contributed by atoms with Crippen LogP contribution >= 0.6 is 11.8 Å². The largest absolute Gasteiger partial charge is 0.405 e. The van der Waals surface area contributed by atoms with Crippen LogP contribution in [0.1, 0.15) is 27.2 Å². The van der Waals surface area contributed by atoms with E-state index >= 15 is 0 Å². The molecule has 6 nitrogen and oxygen atoms in total. The number of carbonyl (C=O) groups is 3. The van der Waals surface area contributed by atoms with Gasteiger partial charge in [0.2, 0.25) is 10.8 Å². The maximum absolute atomic E-state index is 13.8. The van der Waals surface area contributed by atoms with Gasteiger partial charge in [0.25, 0.3) is 14.2 Å². The Bertz CT molecular complexity index is 1170. The highest BCUT2D eigenvalue weighted by molar-refractivity contribution is 8.02. The first kappa shape index (κ1) is 29.8. The summed E-state index contributed by atoms with van der Waals surface area (Å²) in [6, 6.07) is 21.2. The summed E-state index contributed by atoms with van der Waals surface area (Å²) in [6.07, 6.45) is 0.128. The van der Waals surface area contributed by atoms with Gasteiger partial charge in [-0.25, -0.2) is 0 Å². The number of ketones is 1.